The number of pyridine rings is 1. The van der Waals surface area contributed by atoms with E-state index < -0.39 is 0 Å². The molecule has 0 radical (unpaired) electrons. The molecule has 0 unspecified atom stereocenters. The van der Waals surface area contributed by atoms with Crippen LogP contribution in [0.15, 0.2) is 37.1 Å². The van der Waals surface area contributed by atoms with E-state index in [0.29, 0.717) is 38.3 Å². The molecule has 130 valence electrons. The van der Waals surface area contributed by atoms with Crippen LogP contribution in [-0.2, 0) is 6.54 Å². The topological polar surface area (TPSA) is 90.1 Å². The number of nitrogens with one attached hydrogen (secondary N) is 1. The molecule has 0 bridgehead atoms. The van der Waals surface area contributed by atoms with E-state index in [1.165, 1.54) is 0 Å². The van der Waals surface area contributed by atoms with Gasteiger partial charge in [-0.15, -0.1) is 0 Å². The molecule has 1 atom stereocenters. The lowest BCUT2D eigenvalue weighted by molar-refractivity contribution is 0.190. The molecule has 0 aromatic carbocycles. The molecule has 1 aliphatic heterocycles. The Hall–Kier alpha value is -3.08. The minimum absolute atomic E-state index is 0.0220. The third kappa shape index (κ3) is 4.26. The van der Waals surface area contributed by atoms with Gasteiger partial charge in [0.15, 0.2) is 0 Å². The molecule has 1 aliphatic rings. The summed E-state index contributed by atoms with van der Waals surface area (Å²) in [6.07, 6.45) is 6.99. The van der Waals surface area contributed by atoms with Crippen molar-refractivity contribution in [1.29, 1.82) is 5.26 Å². The van der Waals surface area contributed by atoms with E-state index in [-0.39, 0.29) is 12.1 Å². The van der Waals surface area contributed by atoms with Crippen molar-refractivity contribution in [3.63, 3.8) is 0 Å². The Morgan fingerprint density at radius 2 is 2.16 bits per heavy atom. The first-order valence-electron chi connectivity index (χ1n) is 8.28. The monoisotopic (exact) mass is 339 g/mol. The maximum Gasteiger partial charge on any atom is 0.317 e. The van der Waals surface area contributed by atoms with Crippen molar-refractivity contribution in [1.82, 2.24) is 24.8 Å². The van der Waals surface area contributed by atoms with Gasteiger partial charge in [-0.3, -0.25) is 0 Å². The number of aromatic nitrogens is 3. The molecule has 1 fully saturated rings. The number of hydrogen-bond acceptors (Lipinski definition) is 5. The molecular weight excluding hydrogens is 318 g/mol. The molecule has 1 N–H and O–H groups in total. The van der Waals surface area contributed by atoms with E-state index in [2.05, 4.69) is 26.3 Å². The molecule has 3 rings (SSSR count). The molecular formula is C17H21N7O. The van der Waals surface area contributed by atoms with Crippen LogP contribution in [0.2, 0.25) is 0 Å². The molecule has 8 heteroatoms. The van der Waals surface area contributed by atoms with E-state index in [9.17, 15) is 4.79 Å². The lowest BCUT2D eigenvalue weighted by atomic mass is 10.2. The number of carbonyl (C=O) groups is 1. The van der Waals surface area contributed by atoms with Gasteiger partial charge in [-0.2, -0.15) is 5.26 Å². The summed E-state index contributed by atoms with van der Waals surface area (Å²) in [5.41, 5.74) is 0.596. The standard InChI is InChI=1S/C17H21N7O/c1-14(12-22-5-4-19-13-22)21-17(25)24-8-6-23(7-9-24)16-10-15(11-18)2-3-20-16/h2-5,10,13-14H,6-9,12H2,1H3,(H,21,25)/t14-/m1/s1. The zero-order valence-corrected chi connectivity index (χ0v) is 14.2. The van der Waals surface area contributed by atoms with Gasteiger partial charge in [0.05, 0.1) is 18.0 Å². The number of anilines is 1. The van der Waals surface area contributed by atoms with Crippen LogP contribution in [0.3, 0.4) is 0 Å². The van der Waals surface area contributed by atoms with Gasteiger partial charge in [-0.25, -0.2) is 14.8 Å². The average Bonchev–Trinajstić information content (AvgIpc) is 3.14. The van der Waals surface area contributed by atoms with Crippen LogP contribution in [0.5, 0.6) is 0 Å². The van der Waals surface area contributed by atoms with E-state index in [1.54, 1.807) is 30.9 Å². The maximum atomic E-state index is 12.4. The number of imidazole rings is 1. The smallest absolute Gasteiger partial charge is 0.317 e. The molecule has 0 spiro atoms. The van der Waals surface area contributed by atoms with Crippen LogP contribution in [0.25, 0.3) is 0 Å². The van der Waals surface area contributed by atoms with E-state index in [1.807, 2.05) is 22.6 Å². The Morgan fingerprint density at radius 3 is 2.84 bits per heavy atom. The highest BCUT2D eigenvalue weighted by atomic mass is 16.2. The van der Waals surface area contributed by atoms with Gasteiger partial charge >= 0.3 is 6.03 Å². The lowest BCUT2D eigenvalue weighted by Crippen LogP contribution is -2.53. The van der Waals surface area contributed by atoms with Gasteiger partial charge in [-0.1, -0.05) is 0 Å². The highest BCUT2D eigenvalue weighted by Crippen LogP contribution is 2.14. The van der Waals surface area contributed by atoms with Crippen LogP contribution in [0.4, 0.5) is 10.6 Å². The SMILES string of the molecule is C[C@H](Cn1ccnc1)NC(=O)N1CCN(c2cc(C#N)ccn2)CC1. The van der Waals surface area contributed by atoms with Crippen molar-refractivity contribution in [2.75, 3.05) is 31.1 Å². The molecule has 3 heterocycles. The minimum atomic E-state index is -0.0500. The summed E-state index contributed by atoms with van der Waals surface area (Å²) in [5.74, 6) is 0.785. The number of nitrogens with zero attached hydrogens (tertiary/aromatic N) is 6. The Labute approximate surface area is 146 Å². The number of rotatable bonds is 4. The van der Waals surface area contributed by atoms with E-state index >= 15 is 0 Å². The first kappa shape index (κ1) is 16.8. The molecule has 0 saturated carbocycles. The van der Waals surface area contributed by atoms with Crippen molar-refractivity contribution < 1.29 is 4.79 Å². The van der Waals surface area contributed by atoms with Gasteiger partial charge < -0.3 is 19.7 Å². The number of nitriles is 1. The second kappa shape index (κ2) is 7.66. The van der Waals surface area contributed by atoms with Crippen molar-refractivity contribution in [3.8, 4) is 6.07 Å². The number of hydrogen-bond donors (Lipinski definition) is 1. The van der Waals surface area contributed by atoms with Crippen LogP contribution >= 0.6 is 0 Å². The Balaban J connectivity index is 1.49. The fraction of sp³-hybridized carbons (Fsp3) is 0.412. The van der Waals surface area contributed by atoms with Crippen LogP contribution in [0.1, 0.15) is 12.5 Å². The quantitative estimate of drug-likeness (QED) is 0.900. The molecule has 2 amide bonds. The van der Waals surface area contributed by atoms with Crippen LogP contribution in [0, 0.1) is 11.3 Å². The lowest BCUT2D eigenvalue weighted by Gasteiger charge is -2.36. The average molecular weight is 339 g/mol. The normalized spacial score (nSPS) is 15.5. The predicted molar refractivity (Wildman–Crippen MR) is 93.0 cm³/mol. The Morgan fingerprint density at radius 1 is 1.36 bits per heavy atom. The summed E-state index contributed by atoms with van der Waals surface area (Å²) >= 11 is 0. The molecule has 25 heavy (non-hydrogen) atoms. The van der Waals surface area contributed by atoms with Crippen molar-refractivity contribution in [2.45, 2.75) is 19.5 Å². The number of urea groups is 1. The fourth-order valence-electron chi connectivity index (χ4n) is 2.86. The first-order chi connectivity index (χ1) is 12.2. The Bertz CT molecular complexity index is 745. The summed E-state index contributed by atoms with van der Waals surface area (Å²) in [5, 5.41) is 12.0. The summed E-state index contributed by atoms with van der Waals surface area (Å²) in [7, 11) is 0. The van der Waals surface area contributed by atoms with Crippen molar-refractivity contribution >= 4 is 11.8 Å². The number of carbonyl (C=O) groups excluding carboxylic acids is 1. The number of piperazine rings is 1. The zero-order chi connectivity index (χ0) is 17.6. The highest BCUT2D eigenvalue weighted by molar-refractivity contribution is 5.74. The zero-order valence-electron chi connectivity index (χ0n) is 14.2. The maximum absolute atomic E-state index is 12.4. The van der Waals surface area contributed by atoms with Gasteiger partial charge in [-0.05, 0) is 19.1 Å². The van der Waals surface area contributed by atoms with Gasteiger partial charge in [0.1, 0.15) is 5.82 Å². The largest absolute Gasteiger partial charge is 0.353 e. The molecule has 2 aromatic heterocycles. The summed E-state index contributed by atoms with van der Waals surface area (Å²) in [6.45, 7) is 5.32. The molecule has 8 nitrogen and oxygen atoms in total. The van der Waals surface area contributed by atoms with Gasteiger partial charge in [0, 0.05) is 57.4 Å². The highest BCUT2D eigenvalue weighted by Gasteiger charge is 2.22. The minimum Gasteiger partial charge on any atom is -0.353 e. The first-order valence-corrected chi connectivity index (χ1v) is 8.28. The van der Waals surface area contributed by atoms with E-state index in [4.69, 9.17) is 5.26 Å². The summed E-state index contributed by atoms with van der Waals surface area (Å²) in [4.78, 5) is 24.6. The Kier molecular flexibility index (Phi) is 5.14. The van der Waals surface area contributed by atoms with Gasteiger partial charge in [0.25, 0.3) is 0 Å². The second-order valence-corrected chi connectivity index (χ2v) is 6.10. The van der Waals surface area contributed by atoms with Crippen LogP contribution in [-0.4, -0.2) is 57.7 Å². The summed E-state index contributed by atoms with van der Waals surface area (Å²) < 4.78 is 1.94. The van der Waals surface area contributed by atoms with Gasteiger partial charge in [0.2, 0.25) is 0 Å². The predicted octanol–water partition coefficient (Wildman–Crippen LogP) is 1.07. The number of amides is 2. The third-order valence-electron chi connectivity index (χ3n) is 4.18. The molecule has 0 aliphatic carbocycles. The van der Waals surface area contributed by atoms with Crippen LogP contribution < -0.4 is 10.2 Å². The van der Waals surface area contributed by atoms with E-state index in [0.717, 1.165) is 5.82 Å². The van der Waals surface area contributed by atoms with Crippen molar-refractivity contribution in [3.05, 3.63) is 42.6 Å². The molecule has 1 saturated heterocycles. The third-order valence-corrected chi connectivity index (χ3v) is 4.18. The second-order valence-electron chi connectivity index (χ2n) is 6.10. The summed E-state index contributed by atoms with van der Waals surface area (Å²) in [6, 6.07) is 5.57. The van der Waals surface area contributed by atoms with Crippen molar-refractivity contribution in [2.24, 2.45) is 0 Å². The molecule has 2 aromatic rings. The fourth-order valence-corrected chi connectivity index (χ4v) is 2.86.